The van der Waals surface area contributed by atoms with Crippen molar-refractivity contribution in [2.45, 2.75) is 19.9 Å². The average molecular weight is 525 g/mol. The third-order valence-electron chi connectivity index (χ3n) is 4.03. The van der Waals surface area contributed by atoms with Crippen LogP contribution in [0.2, 0.25) is 0 Å². The molecule has 0 atom stereocenters. The number of ether oxygens (including phenoxy) is 1. The van der Waals surface area contributed by atoms with Gasteiger partial charge in [0.2, 0.25) is 0 Å². The second kappa shape index (κ2) is 12.9. The highest BCUT2D eigenvalue weighted by molar-refractivity contribution is 14.0. The molecule has 1 aliphatic rings. The fourth-order valence-electron chi connectivity index (χ4n) is 2.71. The molecular formula is C18H30BrIN4O. The number of benzene rings is 1. The smallest absolute Gasteiger partial charge is 0.193 e. The number of hydrogen-bond donors (Lipinski definition) is 1. The summed E-state index contributed by atoms with van der Waals surface area (Å²) in [5.41, 5.74) is 1.28. The van der Waals surface area contributed by atoms with Crippen LogP contribution in [0, 0.1) is 0 Å². The Bertz CT molecular complexity index is 506. The predicted octanol–water partition coefficient (Wildman–Crippen LogP) is 3.19. The summed E-state index contributed by atoms with van der Waals surface area (Å²) in [7, 11) is 2.09. The quantitative estimate of drug-likeness (QED) is 0.257. The molecule has 0 spiro atoms. The molecule has 1 N–H and O–H groups in total. The number of guanidine groups is 1. The normalized spacial score (nSPS) is 15.6. The summed E-state index contributed by atoms with van der Waals surface area (Å²) in [6.45, 7) is 9.61. The van der Waals surface area contributed by atoms with Crippen molar-refractivity contribution in [2.24, 2.45) is 4.99 Å². The third-order valence-corrected chi connectivity index (χ3v) is 4.56. The highest BCUT2D eigenvalue weighted by Gasteiger charge is 2.10. The highest BCUT2D eigenvalue weighted by atomic mass is 127. The van der Waals surface area contributed by atoms with Crippen LogP contribution in [-0.4, -0.2) is 68.7 Å². The minimum absolute atomic E-state index is 0. The molecule has 25 heavy (non-hydrogen) atoms. The van der Waals surface area contributed by atoms with Crippen molar-refractivity contribution >= 4 is 45.9 Å². The van der Waals surface area contributed by atoms with Crippen LogP contribution >= 0.6 is 39.9 Å². The maximum atomic E-state index is 5.38. The Hall–Kier alpha value is -0.380. The Morgan fingerprint density at radius 1 is 1.28 bits per heavy atom. The lowest BCUT2D eigenvalue weighted by atomic mass is 10.2. The molecule has 7 heteroatoms. The van der Waals surface area contributed by atoms with E-state index >= 15 is 0 Å². The summed E-state index contributed by atoms with van der Waals surface area (Å²) in [4.78, 5) is 9.41. The van der Waals surface area contributed by atoms with E-state index in [0.717, 1.165) is 69.3 Å². The van der Waals surface area contributed by atoms with Gasteiger partial charge in [0.15, 0.2) is 5.96 Å². The van der Waals surface area contributed by atoms with E-state index in [1.807, 2.05) is 0 Å². The average Bonchev–Trinajstić information content (AvgIpc) is 2.60. The molecule has 5 nitrogen and oxygen atoms in total. The number of hydrogen-bond acceptors (Lipinski definition) is 3. The molecule has 0 saturated carbocycles. The van der Waals surface area contributed by atoms with Crippen molar-refractivity contribution < 1.29 is 4.74 Å². The van der Waals surface area contributed by atoms with Gasteiger partial charge in [-0.1, -0.05) is 28.1 Å². The summed E-state index contributed by atoms with van der Waals surface area (Å²) < 4.78 is 6.49. The van der Waals surface area contributed by atoms with E-state index in [1.165, 1.54) is 5.56 Å². The summed E-state index contributed by atoms with van der Waals surface area (Å²) >= 11 is 3.48. The monoisotopic (exact) mass is 524 g/mol. The largest absolute Gasteiger partial charge is 0.379 e. The van der Waals surface area contributed by atoms with Gasteiger partial charge in [0.25, 0.3) is 0 Å². The number of halogens is 2. The summed E-state index contributed by atoms with van der Waals surface area (Å²) in [6.07, 6.45) is 1.08. The van der Waals surface area contributed by atoms with E-state index in [9.17, 15) is 0 Å². The Morgan fingerprint density at radius 3 is 2.60 bits per heavy atom. The lowest BCUT2D eigenvalue weighted by molar-refractivity contribution is 0.0377. The number of aliphatic imine (C=N–C) groups is 1. The predicted molar refractivity (Wildman–Crippen MR) is 119 cm³/mol. The topological polar surface area (TPSA) is 40.1 Å². The van der Waals surface area contributed by atoms with Crippen LogP contribution in [0.25, 0.3) is 0 Å². The SMILES string of the molecule is CCNC(=NCCCN1CCOCC1)N(C)Cc1ccc(Br)cc1.I. The number of nitrogens with zero attached hydrogens (tertiary/aromatic N) is 3. The Morgan fingerprint density at radius 2 is 1.96 bits per heavy atom. The molecule has 1 fully saturated rings. The standard InChI is InChI=1S/C18H29BrN4O.HI/c1-3-20-18(21-9-4-10-23-11-13-24-14-12-23)22(2)15-16-5-7-17(19)8-6-16;/h5-8H,3-4,9-15H2,1-2H3,(H,20,21);1H. The van der Waals surface area contributed by atoms with Gasteiger partial charge in [-0.05, 0) is 31.0 Å². The number of rotatable bonds is 7. The van der Waals surface area contributed by atoms with Crippen molar-refractivity contribution in [3.63, 3.8) is 0 Å². The molecule has 0 aliphatic carbocycles. The first-order valence-electron chi connectivity index (χ1n) is 8.73. The highest BCUT2D eigenvalue weighted by Crippen LogP contribution is 2.11. The third kappa shape index (κ3) is 8.70. The van der Waals surface area contributed by atoms with E-state index in [0.29, 0.717) is 0 Å². The minimum Gasteiger partial charge on any atom is -0.379 e. The molecular weight excluding hydrogens is 495 g/mol. The Labute approximate surface area is 177 Å². The molecule has 1 aliphatic heterocycles. The molecule has 2 rings (SSSR count). The van der Waals surface area contributed by atoms with E-state index in [2.05, 4.69) is 69.3 Å². The maximum absolute atomic E-state index is 5.38. The molecule has 0 radical (unpaired) electrons. The number of morpholine rings is 1. The van der Waals surface area contributed by atoms with Crippen LogP contribution < -0.4 is 5.32 Å². The first-order valence-corrected chi connectivity index (χ1v) is 9.52. The van der Waals surface area contributed by atoms with Crippen LogP contribution in [-0.2, 0) is 11.3 Å². The van der Waals surface area contributed by atoms with Crippen LogP contribution in [0.5, 0.6) is 0 Å². The van der Waals surface area contributed by atoms with Crippen LogP contribution in [0.1, 0.15) is 18.9 Å². The Kier molecular flexibility index (Phi) is 11.7. The fraction of sp³-hybridized carbons (Fsp3) is 0.611. The molecule has 1 aromatic rings. The second-order valence-electron chi connectivity index (χ2n) is 6.03. The minimum atomic E-state index is 0. The molecule has 0 bridgehead atoms. The fourth-order valence-corrected chi connectivity index (χ4v) is 2.98. The lowest BCUT2D eigenvalue weighted by Crippen LogP contribution is -2.39. The van der Waals surface area contributed by atoms with Gasteiger partial charge in [-0.25, -0.2) is 0 Å². The van der Waals surface area contributed by atoms with Gasteiger partial charge in [-0.2, -0.15) is 0 Å². The first kappa shape index (κ1) is 22.7. The van der Waals surface area contributed by atoms with Gasteiger partial charge in [0, 0.05) is 50.8 Å². The van der Waals surface area contributed by atoms with Gasteiger partial charge >= 0.3 is 0 Å². The van der Waals surface area contributed by atoms with Gasteiger partial charge in [-0.15, -0.1) is 24.0 Å². The molecule has 1 heterocycles. The molecule has 0 aromatic heterocycles. The van der Waals surface area contributed by atoms with Crippen LogP contribution in [0.3, 0.4) is 0 Å². The lowest BCUT2D eigenvalue weighted by Gasteiger charge is -2.26. The van der Waals surface area contributed by atoms with Crippen molar-refractivity contribution in [3.05, 3.63) is 34.3 Å². The zero-order valence-electron chi connectivity index (χ0n) is 15.2. The number of nitrogens with one attached hydrogen (secondary N) is 1. The van der Waals surface area contributed by atoms with Crippen molar-refractivity contribution in [1.82, 2.24) is 15.1 Å². The van der Waals surface area contributed by atoms with Crippen molar-refractivity contribution in [3.8, 4) is 0 Å². The van der Waals surface area contributed by atoms with E-state index in [4.69, 9.17) is 9.73 Å². The molecule has 0 amide bonds. The Balaban J connectivity index is 0.00000312. The summed E-state index contributed by atoms with van der Waals surface area (Å²) in [5, 5.41) is 3.39. The van der Waals surface area contributed by atoms with E-state index < -0.39 is 0 Å². The van der Waals surface area contributed by atoms with Gasteiger partial charge in [0.1, 0.15) is 0 Å². The molecule has 142 valence electrons. The van der Waals surface area contributed by atoms with Gasteiger partial charge in [-0.3, -0.25) is 9.89 Å². The maximum Gasteiger partial charge on any atom is 0.193 e. The van der Waals surface area contributed by atoms with Crippen molar-refractivity contribution in [1.29, 1.82) is 0 Å². The zero-order valence-corrected chi connectivity index (χ0v) is 19.1. The van der Waals surface area contributed by atoms with Gasteiger partial charge in [0.05, 0.1) is 13.2 Å². The second-order valence-corrected chi connectivity index (χ2v) is 6.94. The van der Waals surface area contributed by atoms with Gasteiger partial charge < -0.3 is 15.0 Å². The summed E-state index contributed by atoms with van der Waals surface area (Å²) in [6, 6.07) is 8.44. The van der Waals surface area contributed by atoms with E-state index in [1.54, 1.807) is 0 Å². The first-order chi connectivity index (χ1) is 11.7. The van der Waals surface area contributed by atoms with Crippen molar-refractivity contribution in [2.75, 3.05) is 53.0 Å². The van der Waals surface area contributed by atoms with E-state index in [-0.39, 0.29) is 24.0 Å². The van der Waals surface area contributed by atoms with Crippen LogP contribution in [0.15, 0.2) is 33.7 Å². The molecule has 1 saturated heterocycles. The molecule has 0 unspecified atom stereocenters. The molecule has 1 aromatic carbocycles. The summed E-state index contributed by atoms with van der Waals surface area (Å²) in [5.74, 6) is 0.974. The van der Waals surface area contributed by atoms with Crippen LogP contribution in [0.4, 0.5) is 0 Å². The zero-order chi connectivity index (χ0) is 17.2.